The van der Waals surface area contributed by atoms with E-state index in [2.05, 4.69) is 49.6 Å². The van der Waals surface area contributed by atoms with Crippen molar-refractivity contribution in [3.05, 3.63) is 45.1 Å². The molecule has 0 saturated carbocycles. The highest BCUT2D eigenvalue weighted by Crippen LogP contribution is 2.33. The normalized spacial score (nSPS) is 15.5. The van der Waals surface area contributed by atoms with Crippen LogP contribution in [0.3, 0.4) is 0 Å². The van der Waals surface area contributed by atoms with Crippen LogP contribution >= 0.6 is 27.5 Å². The van der Waals surface area contributed by atoms with Crippen LogP contribution in [-0.2, 0) is 12.8 Å². The molecule has 1 aromatic carbocycles. The van der Waals surface area contributed by atoms with Crippen LogP contribution in [0.2, 0.25) is 0 Å². The van der Waals surface area contributed by atoms with Crippen molar-refractivity contribution in [3.63, 3.8) is 0 Å². The summed E-state index contributed by atoms with van der Waals surface area (Å²) in [6.07, 6.45) is 2.17. The summed E-state index contributed by atoms with van der Waals surface area (Å²) in [5.41, 5.74) is 2.90. The van der Waals surface area contributed by atoms with E-state index in [-0.39, 0.29) is 0 Å². The van der Waals surface area contributed by atoms with E-state index in [1.165, 1.54) is 22.7 Å². The Morgan fingerprint density at radius 3 is 2.40 bits per heavy atom. The molecule has 0 atom stereocenters. The number of nitrogens with zero attached hydrogens (tertiary/aromatic N) is 2. The molecule has 1 aliphatic rings. The van der Waals surface area contributed by atoms with Gasteiger partial charge in [0.25, 0.3) is 0 Å². The highest BCUT2D eigenvalue weighted by atomic mass is 79.9. The average Bonchev–Trinajstić information content (AvgIpc) is 2.82. The molecule has 3 rings (SSSR count). The first-order valence-corrected chi connectivity index (χ1v) is 6.45. The molecule has 1 aromatic heterocycles. The van der Waals surface area contributed by atoms with Gasteiger partial charge >= 0.3 is 0 Å². The topological polar surface area (TPSA) is 25.8 Å². The molecule has 2 aromatic rings. The number of hydrogen-bond donors (Lipinski definition) is 0. The van der Waals surface area contributed by atoms with Crippen molar-refractivity contribution < 1.29 is 0 Å². The zero-order valence-corrected chi connectivity index (χ0v) is 10.4. The number of fused-ring (bicyclic) bond motifs is 1. The minimum Gasteiger partial charge on any atom is -0.212 e. The van der Waals surface area contributed by atoms with Gasteiger partial charge in [-0.15, -0.1) is 0 Å². The lowest BCUT2D eigenvalue weighted by Crippen LogP contribution is -1.99. The van der Waals surface area contributed by atoms with Gasteiger partial charge in [-0.2, -0.15) is 4.37 Å². The molecular formula is C11H9BrN2S. The van der Waals surface area contributed by atoms with E-state index in [4.69, 9.17) is 0 Å². The third-order valence-corrected chi connectivity index (χ3v) is 3.97. The van der Waals surface area contributed by atoms with Crippen LogP contribution in [0.5, 0.6) is 0 Å². The Bertz CT molecular complexity index is 470. The second-order valence-electron chi connectivity index (χ2n) is 3.78. The van der Waals surface area contributed by atoms with Crippen molar-refractivity contribution in [3.8, 4) is 0 Å². The molecular weight excluding hydrogens is 272 g/mol. The molecule has 0 aliphatic heterocycles. The van der Waals surface area contributed by atoms with Crippen molar-refractivity contribution in [2.75, 3.05) is 0 Å². The number of benzene rings is 1. The number of halogens is 1. The van der Waals surface area contributed by atoms with Crippen LogP contribution in [-0.4, -0.2) is 9.36 Å². The molecule has 1 heterocycles. The summed E-state index contributed by atoms with van der Waals surface area (Å²) in [6.45, 7) is 0. The van der Waals surface area contributed by atoms with E-state index < -0.39 is 0 Å². The molecule has 0 unspecified atom stereocenters. The summed E-state index contributed by atoms with van der Waals surface area (Å²) < 4.78 is 5.25. The molecule has 0 spiro atoms. The molecule has 2 nitrogen and oxygen atoms in total. The van der Waals surface area contributed by atoms with Gasteiger partial charge in [0.1, 0.15) is 5.82 Å². The summed E-state index contributed by atoms with van der Waals surface area (Å²) in [5.74, 6) is 1.47. The molecule has 0 saturated heterocycles. The maximum absolute atomic E-state index is 4.40. The number of aromatic nitrogens is 2. The Labute approximate surface area is 101 Å². The fourth-order valence-corrected chi connectivity index (χ4v) is 3.01. The van der Waals surface area contributed by atoms with Gasteiger partial charge in [0.2, 0.25) is 0 Å². The summed E-state index contributed by atoms with van der Waals surface area (Å²) in [5, 5.41) is 0. The fraction of sp³-hybridized carbons (Fsp3) is 0.273. The summed E-state index contributed by atoms with van der Waals surface area (Å²) >= 11 is 4.78. The minimum absolute atomic E-state index is 0.477. The molecule has 0 bridgehead atoms. The maximum Gasteiger partial charge on any atom is 0.179 e. The monoisotopic (exact) mass is 280 g/mol. The lowest BCUT2D eigenvalue weighted by molar-refractivity contribution is 0.695. The second-order valence-corrected chi connectivity index (χ2v) is 5.81. The molecule has 0 fully saturated rings. The molecule has 15 heavy (non-hydrogen) atoms. The van der Waals surface area contributed by atoms with Crippen molar-refractivity contribution in [1.29, 1.82) is 0 Å². The Hall–Kier alpha value is -0.740. The average molecular weight is 281 g/mol. The fourth-order valence-electron chi connectivity index (χ4n) is 2.12. The predicted octanol–water partition coefficient (Wildman–Crippen LogP) is 3.18. The van der Waals surface area contributed by atoms with Gasteiger partial charge < -0.3 is 0 Å². The van der Waals surface area contributed by atoms with Crippen molar-refractivity contribution >= 4 is 27.5 Å². The minimum atomic E-state index is 0.477. The highest BCUT2D eigenvalue weighted by molar-refractivity contribution is 9.11. The Morgan fingerprint density at radius 1 is 1.20 bits per heavy atom. The van der Waals surface area contributed by atoms with Crippen LogP contribution in [0.1, 0.15) is 22.9 Å². The van der Waals surface area contributed by atoms with E-state index in [1.54, 1.807) is 0 Å². The van der Waals surface area contributed by atoms with Crippen LogP contribution < -0.4 is 0 Å². The quantitative estimate of drug-likeness (QED) is 0.802. The third kappa shape index (κ3) is 1.72. The van der Waals surface area contributed by atoms with Gasteiger partial charge in [0, 0.05) is 5.92 Å². The van der Waals surface area contributed by atoms with Gasteiger partial charge in [-0.3, -0.25) is 0 Å². The van der Waals surface area contributed by atoms with Crippen LogP contribution in [0, 0.1) is 0 Å². The molecule has 0 N–H and O–H groups in total. The predicted molar refractivity (Wildman–Crippen MR) is 64.2 cm³/mol. The van der Waals surface area contributed by atoms with Gasteiger partial charge in [-0.05, 0) is 51.4 Å². The SMILES string of the molecule is Brc1nc(C2Cc3ccccc3C2)ns1. The Morgan fingerprint density at radius 2 is 1.87 bits per heavy atom. The maximum atomic E-state index is 4.40. The first-order valence-electron chi connectivity index (χ1n) is 4.89. The largest absolute Gasteiger partial charge is 0.212 e. The highest BCUT2D eigenvalue weighted by Gasteiger charge is 2.25. The first-order chi connectivity index (χ1) is 7.33. The molecule has 0 amide bonds. The zero-order valence-electron chi connectivity index (χ0n) is 7.98. The Balaban J connectivity index is 1.90. The lowest BCUT2D eigenvalue weighted by atomic mass is 10.1. The van der Waals surface area contributed by atoms with Crippen molar-refractivity contribution in [2.45, 2.75) is 18.8 Å². The zero-order chi connectivity index (χ0) is 10.3. The van der Waals surface area contributed by atoms with Gasteiger partial charge in [-0.1, -0.05) is 24.3 Å². The molecule has 0 radical (unpaired) electrons. The molecule has 76 valence electrons. The van der Waals surface area contributed by atoms with Crippen LogP contribution in [0.25, 0.3) is 0 Å². The van der Waals surface area contributed by atoms with Gasteiger partial charge in [0.15, 0.2) is 3.92 Å². The van der Waals surface area contributed by atoms with E-state index >= 15 is 0 Å². The Kier molecular flexibility index (Phi) is 2.33. The standard InChI is InChI=1S/C11H9BrN2S/c12-11-13-10(14-15-11)9-5-7-3-1-2-4-8(7)6-9/h1-4,9H,5-6H2. The van der Waals surface area contributed by atoms with Gasteiger partial charge in [0.05, 0.1) is 0 Å². The second kappa shape index (κ2) is 3.68. The number of rotatable bonds is 1. The van der Waals surface area contributed by atoms with Crippen LogP contribution in [0.4, 0.5) is 0 Å². The van der Waals surface area contributed by atoms with Crippen molar-refractivity contribution in [2.24, 2.45) is 0 Å². The van der Waals surface area contributed by atoms with E-state index in [1.807, 2.05) is 0 Å². The lowest BCUT2D eigenvalue weighted by Gasteiger charge is -2.01. The first kappa shape index (κ1) is 9.48. The van der Waals surface area contributed by atoms with Crippen molar-refractivity contribution in [1.82, 2.24) is 9.36 Å². The molecule has 1 aliphatic carbocycles. The van der Waals surface area contributed by atoms with Gasteiger partial charge in [-0.25, -0.2) is 4.98 Å². The third-order valence-electron chi connectivity index (χ3n) is 2.83. The number of hydrogen-bond acceptors (Lipinski definition) is 3. The van der Waals surface area contributed by atoms with E-state index in [0.29, 0.717) is 5.92 Å². The van der Waals surface area contributed by atoms with Crippen LogP contribution in [0.15, 0.2) is 28.2 Å². The summed E-state index contributed by atoms with van der Waals surface area (Å²) in [4.78, 5) is 4.40. The van der Waals surface area contributed by atoms with E-state index in [0.717, 1.165) is 22.6 Å². The summed E-state index contributed by atoms with van der Waals surface area (Å²) in [7, 11) is 0. The van der Waals surface area contributed by atoms with E-state index in [9.17, 15) is 0 Å². The molecule has 4 heteroatoms. The summed E-state index contributed by atoms with van der Waals surface area (Å²) in [6, 6.07) is 8.62. The smallest absolute Gasteiger partial charge is 0.179 e.